The van der Waals surface area contributed by atoms with Crippen molar-refractivity contribution in [1.29, 1.82) is 0 Å². The van der Waals surface area contributed by atoms with Crippen LogP contribution in [0.25, 0.3) is 22.3 Å². The fourth-order valence-electron chi connectivity index (χ4n) is 19.1. The van der Waals surface area contributed by atoms with Crippen molar-refractivity contribution in [3.05, 3.63) is 115 Å². The van der Waals surface area contributed by atoms with Crippen LogP contribution in [0.2, 0.25) is 0 Å². The van der Waals surface area contributed by atoms with E-state index in [4.69, 9.17) is 35.2 Å². The summed E-state index contributed by atoms with van der Waals surface area (Å²) in [6, 6.07) is 1.75. The standard InChI is InChI=1S/C17H26N4O3.C17H26N4O2.C17H28N2O3.C16H29N3O2.C16H26N2O3.CH4.5W/c1-8(2)12-11(6-22)24-17(13(12)9(3)4)21-7-18-14-15(21)19-10(5)20-16(14)23;1-9(2)13-12(7-22)23-17(14(13)10(3)4)21-8-20-15-11(18)5-6-19-16(15)21;1-9(2)14-13(8-20)22-17(15(14)10(3)4)19-7-11(5)16(21)18-12(19)6;1-9(2)14-12(8-20)21-16(15(14)10(3)4)19-7-6-13(17)18-11(19)5;1-9(2)14-12(8-19)21-16(15(14)10(3)4)18-7-6-13(20)17-11(18)5;;;;;;/h7-9,11-13,17,22H,6H2,1-5H3,(H,19,20,23);5-6,8-10,12-14,17,22H,7H2,1-4H3,(H2,18,19);7,9-10,13-15,17,20H,6,8H2,1-5H3,(H,18,21);6-7,9-10,12-16,18,20H,5,8,17H2,1-4H3;6-7,9-10,12,14-16,19H,5,8H2,1-4H3,(H,17,20);1H4;;;;;/t11-,12?,13?,17-;12-,13?,14?,17-;13-,14?,15?,17-;12-,13?,14?,15?,16-;12-,14?,15?,16-;;;;;;/m11111....../s1. The van der Waals surface area contributed by atoms with Gasteiger partial charge < -0.3 is 96.3 Å². The van der Waals surface area contributed by atoms with Crippen molar-refractivity contribution < 1.29 is 164 Å². The van der Waals surface area contributed by atoms with Crippen LogP contribution >= 0.6 is 0 Å². The number of carbonyl (C=O) groups excluding carboxylic acids is 2. The average Bonchev–Trinajstić information content (AvgIpc) is 1.63. The Labute approximate surface area is 767 Å². The second-order valence-corrected chi connectivity index (χ2v) is 34.8. The van der Waals surface area contributed by atoms with Gasteiger partial charge in [-0.2, -0.15) is 0 Å². The van der Waals surface area contributed by atoms with E-state index in [0.717, 1.165) is 11.5 Å². The number of amides is 2. The number of fused-ring (bicyclic) bond motifs is 2. The molecule has 2 amide bonds. The third kappa shape index (κ3) is 24.5. The Morgan fingerprint density at radius 1 is 0.453 bits per heavy atom. The third-order valence-electron chi connectivity index (χ3n) is 23.9. The molecule has 33 heteroatoms. The van der Waals surface area contributed by atoms with Crippen molar-refractivity contribution in [2.75, 3.05) is 38.8 Å². The monoisotopic (exact) mass is 2490 g/mol. The van der Waals surface area contributed by atoms with Crippen LogP contribution in [0.15, 0.2) is 103 Å². The van der Waals surface area contributed by atoms with Crippen LogP contribution in [-0.2, 0) is 139 Å². The maximum Gasteiger partial charge on any atom is 0.279 e. The van der Waals surface area contributed by atoms with Crippen LogP contribution in [0, 0.1) is 125 Å². The summed E-state index contributed by atoms with van der Waals surface area (Å²) in [4.78, 5) is 61.2. The number of H-pyrrole nitrogens is 1. The molecule has 8 aliphatic heterocycles. The third-order valence-corrected chi connectivity index (χ3v) is 23.9. The molecule has 13 N–H and O–H groups in total. The van der Waals surface area contributed by atoms with Crippen molar-refractivity contribution in [1.82, 2.24) is 64.7 Å². The summed E-state index contributed by atoms with van der Waals surface area (Å²) >= 11 is 0. The maximum absolute atomic E-state index is 12.1. The molecule has 21 atom stereocenters. The number of aliphatic hydroxyl groups is 5. The van der Waals surface area contributed by atoms with Crippen molar-refractivity contribution >= 4 is 39.8 Å². The first-order valence-corrected chi connectivity index (χ1v) is 40.2. The second kappa shape index (κ2) is 48.0. The van der Waals surface area contributed by atoms with Gasteiger partial charge in [-0.25, -0.2) is 19.9 Å². The number of carbonyl (C=O) groups is 2. The molecule has 0 spiro atoms. The molecule has 5 fully saturated rings. The van der Waals surface area contributed by atoms with Gasteiger partial charge in [0, 0.05) is 171 Å². The van der Waals surface area contributed by atoms with Gasteiger partial charge in [-0.3, -0.25) is 23.5 Å². The SMILES string of the molecule is C.C=C1NC(=O)C(C)=CN1[C@@H]1O[C@H](CO)C(C(C)C)C1C(C)C.C=C1NC(=O)C=CN1[C@@H]1O[C@H](CO)C(C(C)C)C1C(C)C.C=C1NC(N)C=CN1[C@@H]1O[C@H](CO)C(C(C)C)C1C(C)C.CC(C)C1C(C(C)C)[C@@H](CO)O[C@H]1n1cnc2c(N)ccnc21.Cc1nc2c(ncn2[C@@H]2O[C@H](CO)C(C(C)C)C2C(C)C)c(=O)[nH]1.[W].[W].[W].[W].[W]. The number of nitrogens with zero attached hydrogens (tertiary/aromatic N) is 9. The first-order valence-electron chi connectivity index (χ1n) is 40.2. The van der Waals surface area contributed by atoms with Gasteiger partial charge in [-0.05, 0) is 115 Å². The van der Waals surface area contributed by atoms with Crippen molar-refractivity contribution in [3.8, 4) is 0 Å². The maximum atomic E-state index is 12.1. The van der Waals surface area contributed by atoms with Crippen LogP contribution in [-0.4, -0.2) is 175 Å². The molecule has 0 aliphatic carbocycles. The number of hydrogen-bond acceptors (Lipinski definition) is 23. The van der Waals surface area contributed by atoms with E-state index >= 15 is 0 Å². The summed E-state index contributed by atoms with van der Waals surface area (Å²) in [5.41, 5.74) is 15.1. The Hall–Kier alpha value is -3.65. The Morgan fingerprint density at radius 2 is 0.786 bits per heavy atom. The topological polar surface area (TPSA) is 374 Å². The van der Waals surface area contributed by atoms with E-state index in [-0.39, 0.29) is 272 Å². The molecule has 5 saturated heterocycles. The van der Waals surface area contributed by atoms with Crippen molar-refractivity contribution in [2.45, 2.75) is 228 Å². The number of aromatic nitrogens is 7. The minimum absolute atomic E-state index is 0. The zero-order valence-corrected chi connectivity index (χ0v) is 86.6. The first kappa shape index (κ1) is 109. The summed E-state index contributed by atoms with van der Waals surface area (Å²) in [5.74, 6) is 8.94. The molecule has 0 saturated carbocycles. The summed E-state index contributed by atoms with van der Waals surface area (Å²) in [5, 5.41) is 57.2. The molecule has 658 valence electrons. The van der Waals surface area contributed by atoms with Crippen molar-refractivity contribution in [3.63, 3.8) is 0 Å². The average molecular weight is 2490 g/mol. The van der Waals surface area contributed by atoms with Gasteiger partial charge in [0.25, 0.3) is 17.4 Å². The van der Waals surface area contributed by atoms with Crippen LogP contribution in [0.3, 0.4) is 0 Å². The smallest absolute Gasteiger partial charge is 0.279 e. The van der Waals surface area contributed by atoms with Crippen LogP contribution in [0.1, 0.15) is 171 Å². The summed E-state index contributed by atoms with van der Waals surface area (Å²) in [6.45, 7) is 59.2. The number of aromatic amines is 1. The molecule has 0 radical (unpaired) electrons. The van der Waals surface area contributed by atoms with Gasteiger partial charge in [0.15, 0.2) is 16.8 Å². The van der Waals surface area contributed by atoms with E-state index in [9.17, 15) is 39.9 Å². The number of rotatable bonds is 20. The molecule has 0 bridgehead atoms. The molecular formula is C84H139N15O13W5. The number of hydrogen-bond donors (Lipinski definition) is 11. The van der Waals surface area contributed by atoms with Gasteiger partial charge in [0.2, 0.25) is 0 Å². The zero-order chi connectivity index (χ0) is 82.4. The summed E-state index contributed by atoms with van der Waals surface area (Å²) in [7, 11) is 0. The predicted molar refractivity (Wildman–Crippen MR) is 436 cm³/mol. The second-order valence-electron chi connectivity index (χ2n) is 34.8. The fourth-order valence-corrected chi connectivity index (χ4v) is 19.1. The van der Waals surface area contributed by atoms with Crippen LogP contribution < -0.4 is 33.0 Å². The molecule has 0 aromatic carbocycles. The predicted octanol–water partition coefficient (Wildman–Crippen LogP) is 10.1. The molecule has 4 aromatic heterocycles. The minimum Gasteiger partial charge on any atom is -0.397 e. The van der Waals surface area contributed by atoms with Crippen molar-refractivity contribution in [2.24, 2.45) is 124 Å². The number of imidazole rings is 2. The Morgan fingerprint density at radius 3 is 1.15 bits per heavy atom. The molecule has 12 rings (SSSR count). The summed E-state index contributed by atoms with van der Waals surface area (Å²) in [6.07, 6.45) is 11.8. The number of nitrogens with one attached hydrogen (secondary N) is 4. The van der Waals surface area contributed by atoms with Gasteiger partial charge in [-0.1, -0.05) is 166 Å². The van der Waals surface area contributed by atoms with E-state index in [0.29, 0.717) is 122 Å². The molecule has 8 aliphatic rings. The van der Waals surface area contributed by atoms with E-state index in [1.807, 2.05) is 36.1 Å². The van der Waals surface area contributed by atoms with E-state index in [2.05, 4.69) is 199 Å². The van der Waals surface area contributed by atoms with Gasteiger partial charge >= 0.3 is 0 Å². The van der Waals surface area contributed by atoms with E-state index in [1.165, 1.54) is 6.08 Å². The minimum atomic E-state index is -0.284. The largest absolute Gasteiger partial charge is 0.397 e. The number of ether oxygens (including phenoxy) is 5. The van der Waals surface area contributed by atoms with Gasteiger partial charge in [0.05, 0.1) is 88.1 Å². The number of nitrogen functional groups attached to an aromatic ring is 1. The summed E-state index contributed by atoms with van der Waals surface area (Å²) < 4.78 is 34.8. The normalized spacial score (nSPS) is 29.9. The number of aryl methyl sites for hydroxylation is 1. The van der Waals surface area contributed by atoms with Gasteiger partial charge in [-0.15, -0.1) is 0 Å². The fraction of sp³-hybridized carbons (Fsp3) is 0.702. The van der Waals surface area contributed by atoms with Crippen LogP contribution in [0.4, 0.5) is 5.69 Å². The molecular weight excluding hydrogens is 2350 g/mol. The number of aliphatic hydroxyl groups excluding tert-OH is 5. The molecule has 11 unspecified atom stereocenters. The van der Waals surface area contributed by atoms with E-state index in [1.54, 1.807) is 51.2 Å². The Balaban J connectivity index is 0.000000490. The molecule has 28 nitrogen and oxygen atoms in total. The number of anilines is 1. The number of pyridine rings is 1. The molecule has 117 heavy (non-hydrogen) atoms. The van der Waals surface area contributed by atoms with Gasteiger partial charge in [0.1, 0.15) is 59.9 Å². The molecule has 4 aromatic rings. The van der Waals surface area contributed by atoms with Crippen LogP contribution in [0.5, 0.6) is 0 Å². The first-order chi connectivity index (χ1) is 52.3. The number of nitrogens with two attached hydrogens (primary N) is 2. The Bertz CT molecular complexity index is 3970. The van der Waals surface area contributed by atoms with E-state index < -0.39 is 0 Å². The molecule has 12 heterocycles. The zero-order valence-electron chi connectivity index (χ0n) is 72.0. The quantitative estimate of drug-likeness (QED) is 0.0392. The Kier molecular flexibility index (Phi) is 44.9.